The number of amides is 2. The third-order valence-corrected chi connectivity index (χ3v) is 6.56. The third-order valence-electron chi connectivity index (χ3n) is 6.56. The van der Waals surface area contributed by atoms with Gasteiger partial charge in [0.25, 0.3) is 5.91 Å². The summed E-state index contributed by atoms with van der Waals surface area (Å²) in [6.07, 6.45) is 2.67. The molecule has 1 unspecified atom stereocenters. The fourth-order valence-electron chi connectivity index (χ4n) is 4.80. The molecule has 1 heterocycles. The summed E-state index contributed by atoms with van der Waals surface area (Å²) >= 11 is 0. The number of nitrogens with one attached hydrogen (secondary N) is 2. The van der Waals surface area contributed by atoms with E-state index in [9.17, 15) is 9.59 Å². The van der Waals surface area contributed by atoms with E-state index in [1.54, 1.807) is 20.3 Å². The van der Waals surface area contributed by atoms with Gasteiger partial charge >= 0.3 is 0 Å². The lowest BCUT2D eigenvalue weighted by atomic mass is 10.0. The Morgan fingerprint density at radius 1 is 0.925 bits per heavy atom. The molecule has 3 rings (SSSR count). The van der Waals surface area contributed by atoms with E-state index in [2.05, 4.69) is 55.6 Å². The minimum absolute atomic E-state index is 0.0659. The summed E-state index contributed by atoms with van der Waals surface area (Å²) in [4.78, 5) is 26.2. The van der Waals surface area contributed by atoms with Crippen molar-refractivity contribution in [2.75, 3.05) is 20.8 Å². The number of ether oxygens (including phenoxy) is 2. The molecule has 40 heavy (non-hydrogen) atoms. The highest BCUT2D eigenvalue weighted by molar-refractivity contribution is 5.94. The van der Waals surface area contributed by atoms with Crippen molar-refractivity contribution in [3.8, 4) is 22.8 Å². The highest BCUT2D eigenvalue weighted by atomic mass is 16.5. The number of carbonyl (C=O) groups excluding carboxylic acids is 2. The Kier molecular flexibility index (Phi) is 11.6. The molecule has 0 aliphatic carbocycles. The van der Waals surface area contributed by atoms with Crippen LogP contribution in [-0.4, -0.2) is 48.4 Å². The highest BCUT2D eigenvalue weighted by Gasteiger charge is 2.24. The van der Waals surface area contributed by atoms with E-state index in [-0.39, 0.29) is 24.3 Å². The molecule has 1 aromatic heterocycles. The summed E-state index contributed by atoms with van der Waals surface area (Å²) in [6.45, 7) is 9.58. The maximum atomic E-state index is 13.4. The van der Waals surface area contributed by atoms with Crippen LogP contribution in [-0.2, 0) is 17.8 Å². The Hall–Kier alpha value is -3.81. The lowest BCUT2D eigenvalue weighted by molar-refractivity contribution is -0.121. The largest absolute Gasteiger partial charge is 0.496 e. The van der Waals surface area contributed by atoms with E-state index in [4.69, 9.17) is 9.47 Å². The van der Waals surface area contributed by atoms with Crippen LogP contribution in [0.25, 0.3) is 11.3 Å². The molecule has 0 saturated heterocycles. The third kappa shape index (κ3) is 8.86. The fraction of sp³-hybridized carbons (Fsp3) is 0.469. The van der Waals surface area contributed by atoms with Crippen LogP contribution < -0.4 is 20.1 Å². The van der Waals surface area contributed by atoms with Gasteiger partial charge in [0, 0.05) is 25.6 Å². The standard InChI is InChI=1S/C32H44N4O4/c1-22(2)18-25(19-30(37)33-17-11-14-24-12-8-7-9-13-24)34-32(38)26-20-27(36(35-26)21-23(3)4)31-28(39-5)15-10-16-29(31)40-6/h7-10,12-13,15-16,20,22-23,25H,11,14,17-19,21H2,1-6H3,(H,33,37)(H,34,38). The molecule has 216 valence electrons. The molecule has 0 aliphatic rings. The summed E-state index contributed by atoms with van der Waals surface area (Å²) < 4.78 is 13.1. The molecule has 0 spiro atoms. The Labute approximate surface area is 238 Å². The van der Waals surface area contributed by atoms with Crippen molar-refractivity contribution < 1.29 is 19.1 Å². The van der Waals surface area contributed by atoms with E-state index in [1.807, 2.05) is 41.1 Å². The second kappa shape index (κ2) is 15.1. The summed E-state index contributed by atoms with van der Waals surface area (Å²) in [6, 6.07) is 17.3. The van der Waals surface area contributed by atoms with Gasteiger partial charge in [0.2, 0.25) is 5.91 Å². The smallest absolute Gasteiger partial charge is 0.272 e. The summed E-state index contributed by atoms with van der Waals surface area (Å²) in [7, 11) is 3.22. The Balaban J connectivity index is 1.73. The number of benzene rings is 2. The predicted molar refractivity (Wildman–Crippen MR) is 159 cm³/mol. The quantitative estimate of drug-likeness (QED) is 0.244. The van der Waals surface area contributed by atoms with Crippen LogP contribution in [0.15, 0.2) is 54.6 Å². The van der Waals surface area contributed by atoms with Crippen molar-refractivity contribution in [2.24, 2.45) is 11.8 Å². The number of nitrogens with zero attached hydrogens (tertiary/aromatic N) is 2. The number of aryl methyl sites for hydroxylation is 1. The van der Waals surface area contributed by atoms with Gasteiger partial charge in [-0.2, -0.15) is 5.10 Å². The topological polar surface area (TPSA) is 94.5 Å². The van der Waals surface area contributed by atoms with Gasteiger partial charge in [-0.1, -0.05) is 64.1 Å². The molecule has 0 radical (unpaired) electrons. The number of hydrogen-bond acceptors (Lipinski definition) is 5. The summed E-state index contributed by atoms with van der Waals surface area (Å²) in [5.41, 5.74) is 3.03. The number of rotatable bonds is 15. The molecular weight excluding hydrogens is 504 g/mol. The zero-order valence-corrected chi connectivity index (χ0v) is 24.7. The van der Waals surface area contributed by atoms with Gasteiger partial charge in [0.05, 0.1) is 25.5 Å². The SMILES string of the molecule is COc1cccc(OC)c1-c1cc(C(=O)NC(CC(=O)NCCCc2ccccc2)CC(C)C)nn1CC(C)C. The van der Waals surface area contributed by atoms with Crippen molar-refractivity contribution >= 4 is 11.8 Å². The summed E-state index contributed by atoms with van der Waals surface area (Å²) in [5.74, 6) is 1.51. The first-order valence-corrected chi connectivity index (χ1v) is 14.1. The highest BCUT2D eigenvalue weighted by Crippen LogP contribution is 2.38. The number of hydrogen-bond donors (Lipinski definition) is 2. The zero-order chi connectivity index (χ0) is 29.1. The molecule has 2 aromatic carbocycles. The second-order valence-electron chi connectivity index (χ2n) is 11.0. The van der Waals surface area contributed by atoms with Crippen LogP contribution in [0.3, 0.4) is 0 Å². The maximum absolute atomic E-state index is 13.4. The monoisotopic (exact) mass is 548 g/mol. The average Bonchev–Trinajstić information content (AvgIpc) is 3.33. The second-order valence-corrected chi connectivity index (χ2v) is 11.0. The van der Waals surface area contributed by atoms with Crippen LogP contribution in [0.4, 0.5) is 0 Å². The predicted octanol–water partition coefficient (Wildman–Crippen LogP) is 5.51. The lowest BCUT2D eigenvalue weighted by Crippen LogP contribution is -2.40. The van der Waals surface area contributed by atoms with Crippen molar-refractivity contribution in [3.63, 3.8) is 0 Å². The van der Waals surface area contributed by atoms with E-state index in [1.165, 1.54) is 5.56 Å². The maximum Gasteiger partial charge on any atom is 0.272 e. The molecule has 8 heteroatoms. The van der Waals surface area contributed by atoms with Crippen molar-refractivity contribution in [2.45, 2.75) is 66.0 Å². The van der Waals surface area contributed by atoms with Crippen molar-refractivity contribution in [1.82, 2.24) is 20.4 Å². The van der Waals surface area contributed by atoms with Crippen LogP contribution in [0.1, 0.15) is 63.0 Å². The first-order valence-electron chi connectivity index (χ1n) is 14.1. The number of carbonyl (C=O) groups is 2. The Morgan fingerprint density at radius 3 is 2.20 bits per heavy atom. The minimum Gasteiger partial charge on any atom is -0.496 e. The van der Waals surface area contributed by atoms with Gasteiger partial charge in [-0.05, 0) is 54.9 Å². The van der Waals surface area contributed by atoms with E-state index in [0.29, 0.717) is 48.5 Å². The van der Waals surface area contributed by atoms with Gasteiger partial charge in [-0.3, -0.25) is 14.3 Å². The van der Waals surface area contributed by atoms with E-state index >= 15 is 0 Å². The molecule has 1 atom stereocenters. The van der Waals surface area contributed by atoms with Crippen LogP contribution in [0.2, 0.25) is 0 Å². The fourth-order valence-corrected chi connectivity index (χ4v) is 4.80. The van der Waals surface area contributed by atoms with Crippen LogP contribution >= 0.6 is 0 Å². The average molecular weight is 549 g/mol. The molecule has 0 aliphatic heterocycles. The molecule has 3 aromatic rings. The minimum atomic E-state index is -0.305. The van der Waals surface area contributed by atoms with Crippen molar-refractivity contribution in [1.29, 1.82) is 0 Å². The van der Waals surface area contributed by atoms with E-state index in [0.717, 1.165) is 24.1 Å². The van der Waals surface area contributed by atoms with Crippen molar-refractivity contribution in [3.05, 3.63) is 65.9 Å². The number of methoxy groups -OCH3 is 2. The molecule has 2 amide bonds. The van der Waals surface area contributed by atoms with Gasteiger partial charge in [-0.25, -0.2) is 0 Å². The van der Waals surface area contributed by atoms with Gasteiger partial charge in [0.15, 0.2) is 5.69 Å². The number of aromatic nitrogens is 2. The normalized spacial score (nSPS) is 11.9. The van der Waals surface area contributed by atoms with Gasteiger partial charge in [-0.15, -0.1) is 0 Å². The molecule has 2 N–H and O–H groups in total. The summed E-state index contributed by atoms with van der Waals surface area (Å²) in [5, 5.41) is 10.8. The molecule has 0 bridgehead atoms. The molecule has 8 nitrogen and oxygen atoms in total. The van der Waals surface area contributed by atoms with Crippen LogP contribution in [0, 0.1) is 11.8 Å². The van der Waals surface area contributed by atoms with Gasteiger partial charge < -0.3 is 20.1 Å². The zero-order valence-electron chi connectivity index (χ0n) is 24.7. The van der Waals surface area contributed by atoms with Crippen LogP contribution in [0.5, 0.6) is 11.5 Å². The molecule has 0 saturated carbocycles. The first kappa shape index (κ1) is 30.7. The molecular formula is C32H44N4O4. The lowest BCUT2D eigenvalue weighted by Gasteiger charge is -2.20. The Bertz CT molecular complexity index is 1210. The first-order chi connectivity index (χ1) is 19.2. The molecule has 0 fully saturated rings. The van der Waals surface area contributed by atoms with E-state index < -0.39 is 0 Å². The Morgan fingerprint density at radius 2 is 1.60 bits per heavy atom. The van der Waals surface area contributed by atoms with Gasteiger partial charge in [0.1, 0.15) is 11.5 Å².